The molecular weight excluding hydrogens is 277 g/mol. The van der Waals surface area contributed by atoms with Gasteiger partial charge < -0.3 is 5.32 Å². The van der Waals surface area contributed by atoms with Crippen LogP contribution >= 0.6 is 0 Å². The van der Waals surface area contributed by atoms with Crippen LogP contribution in [0, 0.1) is 11.8 Å². The molecule has 0 aliphatic heterocycles. The monoisotopic (exact) mass is 308 g/mol. The smallest absolute Gasteiger partial charge is 0.313 e. The molecule has 0 aromatic carbocycles. The van der Waals surface area contributed by atoms with E-state index < -0.39 is 12.7 Å². The van der Waals surface area contributed by atoms with Crippen LogP contribution in [0.15, 0.2) is 0 Å². The minimum absolute atomic E-state index is 0.0206. The maximum Gasteiger partial charge on any atom is 0.401 e. The molecule has 21 heavy (non-hydrogen) atoms. The predicted molar refractivity (Wildman–Crippen MR) is 81.3 cm³/mol. The van der Waals surface area contributed by atoms with E-state index in [0.717, 1.165) is 25.8 Å². The van der Waals surface area contributed by atoms with Crippen molar-refractivity contribution < 1.29 is 13.2 Å². The highest BCUT2D eigenvalue weighted by Crippen LogP contribution is 2.34. The SMILES string of the molecule is CCNC1CCC(C(C)C)CC1N(CC(F)(F)F)C(C)C. The summed E-state index contributed by atoms with van der Waals surface area (Å²) in [6.07, 6.45) is -1.18. The van der Waals surface area contributed by atoms with Gasteiger partial charge in [-0.1, -0.05) is 20.8 Å². The van der Waals surface area contributed by atoms with Gasteiger partial charge in [0.25, 0.3) is 0 Å². The first-order valence-corrected chi connectivity index (χ1v) is 8.21. The minimum atomic E-state index is -4.13. The topological polar surface area (TPSA) is 15.3 Å². The predicted octanol–water partition coefficient (Wildman–Crippen LogP) is 4.06. The quantitative estimate of drug-likeness (QED) is 0.796. The third-order valence-corrected chi connectivity index (χ3v) is 4.72. The first-order valence-electron chi connectivity index (χ1n) is 8.21. The summed E-state index contributed by atoms with van der Waals surface area (Å²) in [5, 5.41) is 3.41. The van der Waals surface area contributed by atoms with Crippen LogP contribution in [0.4, 0.5) is 13.2 Å². The number of likely N-dealkylation sites (N-methyl/N-ethyl adjacent to an activating group) is 1. The van der Waals surface area contributed by atoms with Crippen molar-refractivity contribution in [2.24, 2.45) is 11.8 Å². The van der Waals surface area contributed by atoms with Crippen LogP contribution < -0.4 is 5.32 Å². The van der Waals surface area contributed by atoms with Crippen molar-refractivity contribution in [3.63, 3.8) is 0 Å². The second kappa shape index (κ2) is 7.82. The van der Waals surface area contributed by atoms with E-state index in [9.17, 15) is 13.2 Å². The van der Waals surface area contributed by atoms with Crippen molar-refractivity contribution in [1.82, 2.24) is 10.2 Å². The van der Waals surface area contributed by atoms with Crippen LogP contribution in [-0.2, 0) is 0 Å². The number of hydrogen-bond donors (Lipinski definition) is 1. The number of halogens is 3. The molecule has 0 aromatic rings. The zero-order valence-corrected chi connectivity index (χ0v) is 14.0. The van der Waals surface area contributed by atoms with E-state index in [2.05, 4.69) is 19.2 Å². The summed E-state index contributed by atoms with van der Waals surface area (Å²) >= 11 is 0. The van der Waals surface area contributed by atoms with Crippen LogP contribution in [0.5, 0.6) is 0 Å². The third-order valence-electron chi connectivity index (χ3n) is 4.72. The van der Waals surface area contributed by atoms with E-state index in [1.54, 1.807) is 4.90 Å². The molecule has 0 aromatic heterocycles. The van der Waals surface area contributed by atoms with Crippen molar-refractivity contribution >= 4 is 0 Å². The summed E-state index contributed by atoms with van der Waals surface area (Å²) in [5.41, 5.74) is 0. The Bertz CT molecular complexity index is 302. The first kappa shape index (κ1) is 18.8. The minimum Gasteiger partial charge on any atom is -0.313 e. The number of nitrogens with one attached hydrogen (secondary N) is 1. The van der Waals surface area contributed by atoms with E-state index in [1.165, 1.54) is 0 Å². The fraction of sp³-hybridized carbons (Fsp3) is 1.00. The van der Waals surface area contributed by atoms with E-state index in [1.807, 2.05) is 20.8 Å². The molecule has 5 heteroatoms. The zero-order valence-electron chi connectivity index (χ0n) is 14.0. The van der Waals surface area contributed by atoms with Crippen LogP contribution in [0.3, 0.4) is 0 Å². The highest BCUT2D eigenvalue weighted by atomic mass is 19.4. The molecule has 1 aliphatic rings. The molecular formula is C16H31F3N2. The van der Waals surface area contributed by atoms with Gasteiger partial charge in [-0.3, -0.25) is 4.90 Å². The number of hydrogen-bond acceptors (Lipinski definition) is 2. The second-order valence-corrected chi connectivity index (χ2v) is 6.93. The van der Waals surface area contributed by atoms with Crippen molar-refractivity contribution in [3.8, 4) is 0 Å². The molecule has 3 atom stereocenters. The molecule has 0 bridgehead atoms. The normalized spacial score (nSPS) is 27.9. The van der Waals surface area contributed by atoms with E-state index in [4.69, 9.17) is 0 Å². The van der Waals surface area contributed by atoms with Gasteiger partial charge in [0, 0.05) is 18.1 Å². The van der Waals surface area contributed by atoms with Gasteiger partial charge in [0.05, 0.1) is 6.54 Å². The number of rotatable bonds is 6. The van der Waals surface area contributed by atoms with Gasteiger partial charge >= 0.3 is 6.18 Å². The molecule has 0 saturated heterocycles. The molecule has 1 aliphatic carbocycles. The summed E-state index contributed by atoms with van der Waals surface area (Å²) in [5.74, 6) is 1.06. The lowest BCUT2D eigenvalue weighted by atomic mass is 9.76. The Balaban J connectivity index is 2.90. The molecule has 126 valence electrons. The van der Waals surface area contributed by atoms with Crippen LogP contribution in [0.1, 0.15) is 53.9 Å². The van der Waals surface area contributed by atoms with E-state index in [0.29, 0.717) is 11.8 Å². The standard InChI is InChI=1S/C16H31F3N2/c1-6-20-14-8-7-13(11(2)3)9-15(14)21(12(4)5)10-16(17,18)19/h11-15,20H,6-10H2,1-5H3. The lowest BCUT2D eigenvalue weighted by Gasteiger charge is -2.46. The maximum absolute atomic E-state index is 12.9. The lowest BCUT2D eigenvalue weighted by Crippen LogP contribution is -2.57. The maximum atomic E-state index is 12.9. The van der Waals surface area contributed by atoms with Crippen LogP contribution in [0.25, 0.3) is 0 Å². The van der Waals surface area contributed by atoms with Gasteiger partial charge in [0.1, 0.15) is 0 Å². The largest absolute Gasteiger partial charge is 0.401 e. The van der Waals surface area contributed by atoms with Gasteiger partial charge in [-0.25, -0.2) is 0 Å². The summed E-state index contributed by atoms with van der Waals surface area (Å²) < 4.78 is 38.8. The second-order valence-electron chi connectivity index (χ2n) is 6.93. The van der Waals surface area contributed by atoms with Gasteiger partial charge in [-0.2, -0.15) is 13.2 Å². The number of nitrogens with zero attached hydrogens (tertiary/aromatic N) is 1. The molecule has 1 N–H and O–H groups in total. The molecule has 0 radical (unpaired) electrons. The summed E-state index contributed by atoms with van der Waals surface area (Å²) in [4.78, 5) is 1.65. The fourth-order valence-corrected chi connectivity index (χ4v) is 3.54. The molecule has 0 spiro atoms. The molecule has 1 fully saturated rings. The van der Waals surface area contributed by atoms with Crippen LogP contribution in [-0.4, -0.2) is 42.3 Å². The molecule has 2 nitrogen and oxygen atoms in total. The molecule has 0 heterocycles. The summed E-state index contributed by atoms with van der Waals surface area (Å²) in [6, 6.07) is 0.0613. The first-order chi connectivity index (χ1) is 9.65. The zero-order chi connectivity index (χ0) is 16.2. The highest BCUT2D eigenvalue weighted by molar-refractivity contribution is 4.93. The van der Waals surface area contributed by atoms with Crippen molar-refractivity contribution in [1.29, 1.82) is 0 Å². The number of alkyl halides is 3. The van der Waals surface area contributed by atoms with Crippen LogP contribution in [0.2, 0.25) is 0 Å². The summed E-state index contributed by atoms with van der Waals surface area (Å²) in [6.45, 7) is 10.1. The molecule has 1 saturated carbocycles. The summed E-state index contributed by atoms with van der Waals surface area (Å²) in [7, 11) is 0. The fourth-order valence-electron chi connectivity index (χ4n) is 3.54. The van der Waals surface area contributed by atoms with Crippen molar-refractivity contribution in [3.05, 3.63) is 0 Å². The third kappa shape index (κ3) is 5.78. The lowest BCUT2D eigenvalue weighted by molar-refractivity contribution is -0.159. The Hall–Kier alpha value is -0.290. The Morgan fingerprint density at radius 2 is 1.76 bits per heavy atom. The highest BCUT2D eigenvalue weighted by Gasteiger charge is 2.40. The molecule has 0 amide bonds. The van der Waals surface area contributed by atoms with Gasteiger partial charge in [0.15, 0.2) is 0 Å². The van der Waals surface area contributed by atoms with E-state index in [-0.39, 0.29) is 18.1 Å². The molecule has 1 rings (SSSR count). The molecule has 3 unspecified atom stereocenters. The average molecular weight is 308 g/mol. The average Bonchev–Trinajstić information content (AvgIpc) is 2.35. The van der Waals surface area contributed by atoms with Crippen molar-refractivity contribution in [2.75, 3.05) is 13.1 Å². The Labute approximate surface area is 127 Å². The Kier molecular flexibility index (Phi) is 6.98. The van der Waals surface area contributed by atoms with E-state index >= 15 is 0 Å². The Morgan fingerprint density at radius 3 is 2.19 bits per heavy atom. The van der Waals surface area contributed by atoms with Gasteiger partial charge in [-0.05, 0) is 51.5 Å². The van der Waals surface area contributed by atoms with Gasteiger partial charge in [-0.15, -0.1) is 0 Å². The van der Waals surface area contributed by atoms with Crippen molar-refractivity contribution in [2.45, 2.75) is 78.2 Å². The van der Waals surface area contributed by atoms with Gasteiger partial charge in [0.2, 0.25) is 0 Å². The Morgan fingerprint density at radius 1 is 1.14 bits per heavy atom.